The maximum atomic E-state index is 2.54. The third kappa shape index (κ3) is 15.8. The number of allylic oxidation sites excluding steroid dienone is 8. The summed E-state index contributed by atoms with van der Waals surface area (Å²) in [4.78, 5) is 0. The van der Waals surface area contributed by atoms with Crippen LogP contribution in [-0.2, 0) is 0 Å². The van der Waals surface area contributed by atoms with Crippen LogP contribution in [-0.4, -0.2) is 0 Å². The van der Waals surface area contributed by atoms with Gasteiger partial charge in [-0.15, -0.1) is 0 Å². The van der Waals surface area contributed by atoms with Gasteiger partial charge >= 0.3 is 0 Å². The van der Waals surface area contributed by atoms with Crippen LogP contribution in [0.1, 0.15) is 187 Å². The molecule has 0 fully saturated rings. The monoisotopic (exact) mass is 509 g/mol. The molecule has 0 radical (unpaired) electrons. The van der Waals surface area contributed by atoms with Crippen molar-refractivity contribution in [2.45, 2.75) is 187 Å². The van der Waals surface area contributed by atoms with Gasteiger partial charge in [0.2, 0.25) is 0 Å². The van der Waals surface area contributed by atoms with E-state index in [0.717, 1.165) is 0 Å². The zero-order chi connectivity index (χ0) is 26.2. The van der Waals surface area contributed by atoms with E-state index >= 15 is 0 Å². The Kier molecular flexibility index (Phi) is 19.9. The minimum atomic E-state index is 1.19. The summed E-state index contributed by atoms with van der Waals surface area (Å²) in [6.45, 7) is 4.61. The summed E-state index contributed by atoms with van der Waals surface area (Å²) in [6.07, 6.45) is 48.2. The predicted molar refractivity (Wildman–Crippen MR) is 168 cm³/mol. The highest BCUT2D eigenvalue weighted by Gasteiger charge is 2.17. The van der Waals surface area contributed by atoms with Crippen molar-refractivity contribution in [2.24, 2.45) is 0 Å². The molecule has 0 spiro atoms. The number of hydrogen-bond donors (Lipinski definition) is 0. The summed E-state index contributed by atoms with van der Waals surface area (Å²) in [7, 11) is 0. The lowest BCUT2D eigenvalue weighted by atomic mass is 9.89. The normalized spacial score (nSPS) is 14.9. The van der Waals surface area contributed by atoms with E-state index in [2.05, 4.69) is 38.2 Å². The summed E-state index contributed by atoms with van der Waals surface area (Å²) >= 11 is 0. The van der Waals surface area contributed by atoms with Crippen molar-refractivity contribution in [2.75, 3.05) is 0 Å². The fraction of sp³-hybridized carbons (Fsp3) is 0.784. The van der Waals surface area contributed by atoms with Gasteiger partial charge in [-0.3, -0.25) is 0 Å². The molecule has 0 aromatic rings. The Morgan fingerprint density at radius 1 is 0.459 bits per heavy atom. The largest absolute Gasteiger partial charge is 0.0723 e. The van der Waals surface area contributed by atoms with Gasteiger partial charge < -0.3 is 0 Å². The molecular weight excluding hydrogens is 444 g/mol. The Balaban J connectivity index is 1.41. The average Bonchev–Trinajstić information content (AvgIpc) is 3.32. The van der Waals surface area contributed by atoms with Crippen LogP contribution in [0.3, 0.4) is 0 Å². The van der Waals surface area contributed by atoms with Gasteiger partial charge in [-0.25, -0.2) is 0 Å². The van der Waals surface area contributed by atoms with Gasteiger partial charge in [0.15, 0.2) is 0 Å². The maximum absolute atomic E-state index is 2.54. The van der Waals surface area contributed by atoms with Crippen molar-refractivity contribution < 1.29 is 0 Å². The second-order valence-electron chi connectivity index (χ2n) is 12.2. The molecule has 0 heterocycles. The van der Waals surface area contributed by atoms with E-state index in [-0.39, 0.29) is 0 Å². The summed E-state index contributed by atoms with van der Waals surface area (Å²) in [5, 5.41) is 0. The van der Waals surface area contributed by atoms with Crippen LogP contribution in [0.5, 0.6) is 0 Å². The topological polar surface area (TPSA) is 0 Å². The molecule has 0 bridgehead atoms. The standard InChI is InChI=1S/C37H64/c1-3-5-7-9-11-13-15-17-19-21-23-25-27-34-29-32-37-35(30-31-36(37)33-34)28-26-24-22-20-18-16-14-12-10-8-6-4-2/h30-33H,3-29H2,1-2H3. The Morgan fingerprint density at radius 2 is 0.865 bits per heavy atom. The van der Waals surface area contributed by atoms with Crippen LogP contribution in [0.4, 0.5) is 0 Å². The van der Waals surface area contributed by atoms with Gasteiger partial charge in [0.05, 0.1) is 0 Å². The third-order valence-electron chi connectivity index (χ3n) is 8.70. The Bertz CT molecular complexity index is 670. The molecule has 2 aliphatic carbocycles. The zero-order valence-corrected chi connectivity index (χ0v) is 25.4. The minimum Gasteiger partial charge on any atom is -0.0723 e. The lowest BCUT2D eigenvalue weighted by molar-refractivity contribution is 0.543. The van der Waals surface area contributed by atoms with Gasteiger partial charge in [0.25, 0.3) is 0 Å². The van der Waals surface area contributed by atoms with Crippen molar-refractivity contribution in [3.05, 3.63) is 46.6 Å². The molecule has 0 aliphatic heterocycles. The fourth-order valence-electron chi connectivity index (χ4n) is 6.18. The fourth-order valence-corrected chi connectivity index (χ4v) is 6.18. The van der Waals surface area contributed by atoms with Crippen LogP contribution in [0.25, 0.3) is 0 Å². The number of hydrogen-bond acceptors (Lipinski definition) is 0. The Hall–Kier alpha value is -1.04. The highest BCUT2D eigenvalue weighted by Crippen LogP contribution is 2.36. The lowest BCUT2D eigenvalue weighted by Gasteiger charge is -2.16. The summed E-state index contributed by atoms with van der Waals surface area (Å²) in [5.74, 6) is 0. The Labute approximate surface area is 233 Å². The molecular formula is C37H64. The number of fused-ring (bicyclic) bond motifs is 1. The molecule has 0 heteroatoms. The first kappa shape index (κ1) is 32.2. The van der Waals surface area contributed by atoms with E-state index in [0.29, 0.717) is 0 Å². The first-order chi connectivity index (χ1) is 18.3. The molecule has 0 aromatic carbocycles. The van der Waals surface area contributed by atoms with Crippen molar-refractivity contribution in [3.8, 4) is 0 Å². The van der Waals surface area contributed by atoms with Crippen LogP contribution >= 0.6 is 0 Å². The first-order valence-corrected chi connectivity index (χ1v) is 17.2. The van der Waals surface area contributed by atoms with E-state index in [1.807, 2.05) is 0 Å². The first-order valence-electron chi connectivity index (χ1n) is 17.2. The second-order valence-corrected chi connectivity index (χ2v) is 12.2. The maximum Gasteiger partial charge on any atom is -0.0126 e. The third-order valence-corrected chi connectivity index (χ3v) is 8.70. The van der Waals surface area contributed by atoms with Crippen molar-refractivity contribution in [1.29, 1.82) is 0 Å². The molecule has 0 saturated carbocycles. The summed E-state index contributed by atoms with van der Waals surface area (Å²) in [5.41, 5.74) is 6.36. The molecule has 0 aromatic heterocycles. The van der Waals surface area contributed by atoms with Crippen molar-refractivity contribution >= 4 is 0 Å². The van der Waals surface area contributed by atoms with Crippen molar-refractivity contribution in [3.63, 3.8) is 0 Å². The summed E-state index contributed by atoms with van der Waals surface area (Å²) in [6, 6.07) is 0. The highest BCUT2D eigenvalue weighted by molar-refractivity contribution is 5.62. The molecule has 0 nitrogen and oxygen atoms in total. The molecule has 0 unspecified atom stereocenters. The molecule has 0 saturated heterocycles. The molecule has 0 amide bonds. The SMILES string of the molecule is CCCCCCCCCCCCCCC1=CC2=CC=C(CCCCCCCCCCCCCC)C2=CC1. The number of rotatable bonds is 26. The predicted octanol–water partition coefficient (Wildman–Crippen LogP) is 13.3. The molecule has 0 N–H and O–H groups in total. The van der Waals surface area contributed by atoms with Gasteiger partial charge in [-0.1, -0.05) is 185 Å². The van der Waals surface area contributed by atoms with Crippen LogP contribution in [0, 0.1) is 0 Å². The van der Waals surface area contributed by atoms with E-state index < -0.39 is 0 Å². The van der Waals surface area contributed by atoms with Gasteiger partial charge in [-0.05, 0) is 48.8 Å². The van der Waals surface area contributed by atoms with Gasteiger partial charge in [-0.2, -0.15) is 0 Å². The lowest BCUT2D eigenvalue weighted by Crippen LogP contribution is -1.97. The number of unbranched alkanes of at least 4 members (excludes halogenated alkanes) is 22. The zero-order valence-electron chi connectivity index (χ0n) is 25.4. The molecule has 2 rings (SSSR count). The van der Waals surface area contributed by atoms with E-state index in [1.54, 1.807) is 16.7 Å². The van der Waals surface area contributed by atoms with Crippen LogP contribution in [0.2, 0.25) is 0 Å². The molecule has 212 valence electrons. The van der Waals surface area contributed by atoms with Crippen molar-refractivity contribution in [1.82, 2.24) is 0 Å². The minimum absolute atomic E-state index is 1.19. The van der Waals surface area contributed by atoms with Crippen LogP contribution < -0.4 is 0 Å². The Morgan fingerprint density at radius 3 is 1.32 bits per heavy atom. The second kappa shape index (κ2) is 22.9. The highest BCUT2D eigenvalue weighted by atomic mass is 14.2. The van der Waals surface area contributed by atoms with E-state index in [9.17, 15) is 0 Å². The average molecular weight is 509 g/mol. The molecule has 37 heavy (non-hydrogen) atoms. The quantitative estimate of drug-likeness (QED) is 0.102. The van der Waals surface area contributed by atoms with Gasteiger partial charge in [0.1, 0.15) is 0 Å². The molecule has 0 atom stereocenters. The van der Waals surface area contributed by atoms with E-state index in [4.69, 9.17) is 0 Å². The van der Waals surface area contributed by atoms with E-state index in [1.165, 1.54) is 179 Å². The summed E-state index contributed by atoms with van der Waals surface area (Å²) < 4.78 is 0. The smallest absolute Gasteiger partial charge is 0.0126 e. The van der Waals surface area contributed by atoms with Crippen LogP contribution in [0.15, 0.2) is 46.6 Å². The molecule has 2 aliphatic rings. The van der Waals surface area contributed by atoms with Gasteiger partial charge in [0, 0.05) is 0 Å².